The van der Waals surface area contributed by atoms with Crippen LogP contribution in [0, 0.1) is 0 Å². The standard InChI is InChI=1S/C13H21ClN2S/c1-3-12-5-4-10(2)16(12)7-6-13-15-11(8-14)9-17-13/h9-10,12H,3-8H2,1-2H3. The van der Waals surface area contributed by atoms with Gasteiger partial charge in [0.2, 0.25) is 0 Å². The van der Waals surface area contributed by atoms with Gasteiger partial charge in [0.05, 0.1) is 16.6 Å². The van der Waals surface area contributed by atoms with Gasteiger partial charge in [-0.15, -0.1) is 22.9 Å². The average molecular weight is 273 g/mol. The van der Waals surface area contributed by atoms with Crippen molar-refractivity contribution in [1.82, 2.24) is 9.88 Å². The minimum Gasteiger partial charge on any atom is -0.297 e. The largest absolute Gasteiger partial charge is 0.297 e. The molecular weight excluding hydrogens is 252 g/mol. The SMILES string of the molecule is CCC1CCC(C)N1CCc1nc(CCl)cs1. The molecule has 0 aromatic carbocycles. The maximum absolute atomic E-state index is 5.77. The van der Waals surface area contributed by atoms with E-state index in [0.29, 0.717) is 5.88 Å². The Morgan fingerprint density at radius 1 is 1.53 bits per heavy atom. The molecule has 0 N–H and O–H groups in total. The predicted molar refractivity (Wildman–Crippen MR) is 74.9 cm³/mol. The summed E-state index contributed by atoms with van der Waals surface area (Å²) in [5.41, 5.74) is 1.02. The Morgan fingerprint density at radius 2 is 2.35 bits per heavy atom. The Kier molecular flexibility index (Phi) is 4.83. The fourth-order valence-electron chi connectivity index (χ4n) is 2.72. The van der Waals surface area contributed by atoms with Gasteiger partial charge in [-0.2, -0.15) is 0 Å². The van der Waals surface area contributed by atoms with Crippen molar-refractivity contribution in [3.05, 3.63) is 16.1 Å². The number of thiazole rings is 1. The van der Waals surface area contributed by atoms with Gasteiger partial charge in [0, 0.05) is 30.4 Å². The number of likely N-dealkylation sites (tertiary alicyclic amines) is 1. The first-order chi connectivity index (χ1) is 8.24. The Balaban J connectivity index is 1.88. The van der Waals surface area contributed by atoms with Crippen molar-refractivity contribution >= 4 is 22.9 Å². The highest BCUT2D eigenvalue weighted by Crippen LogP contribution is 2.26. The molecule has 0 radical (unpaired) electrons. The van der Waals surface area contributed by atoms with E-state index < -0.39 is 0 Å². The maximum Gasteiger partial charge on any atom is 0.0941 e. The minimum atomic E-state index is 0.536. The summed E-state index contributed by atoms with van der Waals surface area (Å²) in [6.07, 6.45) is 5.06. The van der Waals surface area contributed by atoms with E-state index in [4.69, 9.17) is 11.6 Å². The van der Waals surface area contributed by atoms with E-state index in [1.54, 1.807) is 11.3 Å². The lowest BCUT2D eigenvalue weighted by molar-refractivity contribution is 0.201. The number of hydrogen-bond acceptors (Lipinski definition) is 3. The Labute approximate surface area is 113 Å². The van der Waals surface area contributed by atoms with Crippen molar-refractivity contribution in [2.75, 3.05) is 6.54 Å². The second-order valence-electron chi connectivity index (χ2n) is 4.84. The van der Waals surface area contributed by atoms with Crippen molar-refractivity contribution in [2.24, 2.45) is 0 Å². The molecule has 0 saturated carbocycles. The molecule has 1 aliphatic heterocycles. The van der Waals surface area contributed by atoms with Crippen LogP contribution >= 0.6 is 22.9 Å². The molecule has 2 unspecified atom stereocenters. The molecule has 1 aromatic heterocycles. The van der Waals surface area contributed by atoms with Crippen molar-refractivity contribution in [3.8, 4) is 0 Å². The highest BCUT2D eigenvalue weighted by Gasteiger charge is 2.28. The summed E-state index contributed by atoms with van der Waals surface area (Å²) in [7, 11) is 0. The van der Waals surface area contributed by atoms with E-state index in [1.807, 2.05) is 0 Å². The lowest BCUT2D eigenvalue weighted by atomic mass is 10.1. The summed E-state index contributed by atoms with van der Waals surface area (Å²) >= 11 is 7.52. The fourth-order valence-corrected chi connectivity index (χ4v) is 3.73. The van der Waals surface area contributed by atoms with Crippen LogP contribution in [0.4, 0.5) is 0 Å². The van der Waals surface area contributed by atoms with E-state index in [-0.39, 0.29) is 0 Å². The number of alkyl halides is 1. The van der Waals surface area contributed by atoms with E-state index in [1.165, 1.54) is 24.3 Å². The van der Waals surface area contributed by atoms with Crippen LogP contribution in [0.15, 0.2) is 5.38 Å². The maximum atomic E-state index is 5.77. The molecule has 96 valence electrons. The zero-order valence-corrected chi connectivity index (χ0v) is 12.2. The van der Waals surface area contributed by atoms with Crippen LogP contribution in [0.1, 0.15) is 43.8 Å². The van der Waals surface area contributed by atoms with Crippen molar-refractivity contribution in [3.63, 3.8) is 0 Å². The molecule has 0 aliphatic carbocycles. The Bertz CT molecular complexity index is 353. The zero-order valence-electron chi connectivity index (χ0n) is 10.7. The van der Waals surface area contributed by atoms with Crippen LogP contribution in [-0.4, -0.2) is 28.5 Å². The number of hydrogen-bond donors (Lipinski definition) is 0. The van der Waals surface area contributed by atoms with Crippen molar-refractivity contribution < 1.29 is 0 Å². The molecule has 1 aliphatic rings. The van der Waals surface area contributed by atoms with Crippen LogP contribution in [0.25, 0.3) is 0 Å². The Morgan fingerprint density at radius 3 is 3.00 bits per heavy atom. The second-order valence-corrected chi connectivity index (χ2v) is 6.05. The van der Waals surface area contributed by atoms with Gasteiger partial charge in [0.25, 0.3) is 0 Å². The number of rotatable bonds is 5. The molecule has 2 rings (SSSR count). The van der Waals surface area contributed by atoms with E-state index >= 15 is 0 Å². The van der Waals surface area contributed by atoms with Gasteiger partial charge in [-0.05, 0) is 26.2 Å². The third-order valence-corrected chi connectivity index (χ3v) is 4.98. The van der Waals surface area contributed by atoms with Gasteiger partial charge in [-0.25, -0.2) is 4.98 Å². The van der Waals surface area contributed by atoms with E-state index in [9.17, 15) is 0 Å². The average Bonchev–Trinajstić information content (AvgIpc) is 2.93. The number of aromatic nitrogens is 1. The highest BCUT2D eigenvalue weighted by molar-refractivity contribution is 7.09. The molecule has 1 aromatic rings. The summed E-state index contributed by atoms with van der Waals surface area (Å²) < 4.78 is 0. The van der Waals surface area contributed by atoms with Crippen LogP contribution in [0.3, 0.4) is 0 Å². The second kappa shape index (κ2) is 6.17. The van der Waals surface area contributed by atoms with Gasteiger partial charge in [-0.1, -0.05) is 6.92 Å². The lowest BCUT2D eigenvalue weighted by Gasteiger charge is -2.27. The van der Waals surface area contributed by atoms with Gasteiger partial charge >= 0.3 is 0 Å². The molecule has 0 spiro atoms. The fraction of sp³-hybridized carbons (Fsp3) is 0.769. The first-order valence-electron chi connectivity index (χ1n) is 6.49. The molecule has 1 fully saturated rings. The monoisotopic (exact) mass is 272 g/mol. The molecule has 1 saturated heterocycles. The van der Waals surface area contributed by atoms with Crippen LogP contribution in [0.5, 0.6) is 0 Å². The van der Waals surface area contributed by atoms with Crippen LogP contribution < -0.4 is 0 Å². The summed E-state index contributed by atoms with van der Waals surface area (Å²) in [5, 5.41) is 3.31. The Hall–Kier alpha value is -0.120. The summed E-state index contributed by atoms with van der Waals surface area (Å²) in [6.45, 7) is 5.79. The number of nitrogens with zero attached hydrogens (tertiary/aromatic N) is 2. The quantitative estimate of drug-likeness (QED) is 0.760. The van der Waals surface area contributed by atoms with Crippen molar-refractivity contribution in [2.45, 2.75) is 57.5 Å². The van der Waals surface area contributed by atoms with Gasteiger partial charge in [0.15, 0.2) is 0 Å². The topological polar surface area (TPSA) is 16.1 Å². The van der Waals surface area contributed by atoms with E-state index in [2.05, 4.69) is 29.1 Å². The minimum absolute atomic E-state index is 0.536. The summed E-state index contributed by atoms with van der Waals surface area (Å²) in [6, 6.07) is 1.53. The van der Waals surface area contributed by atoms with Crippen LogP contribution in [-0.2, 0) is 12.3 Å². The lowest BCUT2D eigenvalue weighted by Crippen LogP contribution is -2.35. The molecular formula is C13H21ClN2S. The first kappa shape index (κ1) is 13.3. The first-order valence-corrected chi connectivity index (χ1v) is 7.91. The molecule has 17 heavy (non-hydrogen) atoms. The summed E-state index contributed by atoms with van der Waals surface area (Å²) in [5.74, 6) is 0.536. The highest BCUT2D eigenvalue weighted by atomic mass is 35.5. The third-order valence-electron chi connectivity index (χ3n) is 3.74. The van der Waals surface area contributed by atoms with Crippen LogP contribution in [0.2, 0.25) is 0 Å². The normalized spacial score (nSPS) is 25.6. The van der Waals surface area contributed by atoms with Gasteiger partial charge in [-0.3, -0.25) is 4.90 Å². The number of halogens is 1. The van der Waals surface area contributed by atoms with E-state index in [0.717, 1.165) is 30.7 Å². The summed E-state index contributed by atoms with van der Waals surface area (Å²) in [4.78, 5) is 7.18. The third kappa shape index (κ3) is 3.21. The molecule has 0 bridgehead atoms. The molecule has 0 amide bonds. The smallest absolute Gasteiger partial charge is 0.0941 e. The molecule has 2 nitrogen and oxygen atoms in total. The zero-order chi connectivity index (χ0) is 12.3. The molecule has 4 heteroatoms. The van der Waals surface area contributed by atoms with Crippen molar-refractivity contribution in [1.29, 1.82) is 0 Å². The molecule has 2 atom stereocenters. The molecule has 2 heterocycles. The van der Waals surface area contributed by atoms with Gasteiger partial charge < -0.3 is 0 Å². The van der Waals surface area contributed by atoms with Gasteiger partial charge in [0.1, 0.15) is 0 Å². The predicted octanol–water partition coefficient (Wildman–Crippen LogP) is 3.69.